The summed E-state index contributed by atoms with van der Waals surface area (Å²) in [5.41, 5.74) is -0.385. The fourth-order valence-corrected chi connectivity index (χ4v) is 4.53. The third-order valence-corrected chi connectivity index (χ3v) is 5.88. The second-order valence-corrected chi connectivity index (χ2v) is 9.14. The number of rotatable bonds is 4. The molecule has 0 aliphatic carbocycles. The van der Waals surface area contributed by atoms with Crippen molar-refractivity contribution in [3.8, 4) is 5.75 Å². The molecule has 6 nitrogen and oxygen atoms in total. The second-order valence-electron chi connectivity index (χ2n) is 7.24. The lowest BCUT2D eigenvalue weighted by molar-refractivity contribution is -0.127. The number of nitrogens with zero attached hydrogens (tertiary/aromatic N) is 1. The van der Waals surface area contributed by atoms with Crippen LogP contribution >= 0.6 is 0 Å². The Kier molecular flexibility index (Phi) is 5.73. The van der Waals surface area contributed by atoms with E-state index in [1.54, 1.807) is 0 Å². The van der Waals surface area contributed by atoms with E-state index >= 15 is 0 Å². The molecule has 0 bridgehead atoms. The molecule has 1 fully saturated rings. The zero-order chi connectivity index (χ0) is 18.8. The number of carbonyl (C=O) groups is 1. The SMILES string of the molecule is COc1ccc(F)cc1S(=O)(=O)N1CCC[C@@H](C(=O)NC(C)(C)C)C1. The smallest absolute Gasteiger partial charge is 0.246 e. The van der Waals surface area contributed by atoms with Crippen LogP contribution < -0.4 is 10.1 Å². The Morgan fingerprint density at radius 1 is 1.36 bits per heavy atom. The van der Waals surface area contributed by atoms with Crippen molar-refractivity contribution in [2.45, 2.75) is 44.0 Å². The summed E-state index contributed by atoms with van der Waals surface area (Å²) >= 11 is 0. The lowest BCUT2D eigenvalue weighted by Crippen LogP contribution is -2.49. The zero-order valence-corrected chi connectivity index (χ0v) is 15.8. The quantitative estimate of drug-likeness (QED) is 0.879. The Hall–Kier alpha value is -1.67. The minimum absolute atomic E-state index is 0.0733. The van der Waals surface area contributed by atoms with Crippen molar-refractivity contribution in [2.75, 3.05) is 20.2 Å². The molecule has 0 spiro atoms. The summed E-state index contributed by atoms with van der Waals surface area (Å²) in [6, 6.07) is 3.39. The molecule has 0 radical (unpaired) electrons. The van der Waals surface area contributed by atoms with Gasteiger partial charge in [-0.2, -0.15) is 4.31 Å². The standard InChI is InChI=1S/C17H25FN2O4S/c1-17(2,3)19-16(21)12-6-5-9-20(11-12)25(22,23)15-10-13(18)7-8-14(15)24-4/h7-8,10,12H,5-6,9,11H2,1-4H3,(H,19,21)/t12-/m1/s1. The molecule has 0 unspecified atom stereocenters. The average Bonchev–Trinajstić information content (AvgIpc) is 2.53. The van der Waals surface area contributed by atoms with Gasteiger partial charge in [0.25, 0.3) is 0 Å². The predicted octanol–water partition coefficient (Wildman–Crippen LogP) is 2.15. The van der Waals surface area contributed by atoms with E-state index in [0.29, 0.717) is 19.4 Å². The molecule has 25 heavy (non-hydrogen) atoms. The molecule has 1 amide bonds. The lowest BCUT2D eigenvalue weighted by Gasteiger charge is -2.33. The Balaban J connectivity index is 2.25. The highest BCUT2D eigenvalue weighted by Crippen LogP contribution is 2.30. The Labute approximate surface area is 148 Å². The molecule has 0 saturated carbocycles. The number of ether oxygens (including phenoxy) is 1. The van der Waals surface area contributed by atoms with Gasteiger partial charge in [-0.15, -0.1) is 0 Å². The number of hydrogen-bond acceptors (Lipinski definition) is 4. The van der Waals surface area contributed by atoms with E-state index in [9.17, 15) is 17.6 Å². The molecule has 1 atom stereocenters. The van der Waals surface area contributed by atoms with E-state index in [1.807, 2.05) is 20.8 Å². The minimum Gasteiger partial charge on any atom is -0.495 e. The molecule has 1 aromatic carbocycles. The van der Waals surface area contributed by atoms with Crippen LogP contribution in [0.25, 0.3) is 0 Å². The molecule has 8 heteroatoms. The monoisotopic (exact) mass is 372 g/mol. The van der Waals surface area contributed by atoms with E-state index < -0.39 is 21.8 Å². The maximum absolute atomic E-state index is 13.6. The van der Waals surface area contributed by atoms with Gasteiger partial charge in [-0.05, 0) is 51.8 Å². The number of hydrogen-bond donors (Lipinski definition) is 1. The van der Waals surface area contributed by atoms with Crippen molar-refractivity contribution >= 4 is 15.9 Å². The van der Waals surface area contributed by atoms with E-state index in [1.165, 1.54) is 17.5 Å². The fraction of sp³-hybridized carbons (Fsp3) is 0.588. The highest BCUT2D eigenvalue weighted by atomic mass is 32.2. The summed E-state index contributed by atoms with van der Waals surface area (Å²) in [4.78, 5) is 12.2. The molecule has 0 aromatic heterocycles. The molecule has 1 saturated heterocycles. The van der Waals surface area contributed by atoms with Crippen LogP contribution in [-0.4, -0.2) is 44.4 Å². The number of sulfonamides is 1. The van der Waals surface area contributed by atoms with Gasteiger partial charge in [-0.3, -0.25) is 4.79 Å². The molecular formula is C17H25FN2O4S. The van der Waals surface area contributed by atoms with Gasteiger partial charge in [0.15, 0.2) is 0 Å². The van der Waals surface area contributed by atoms with Crippen LogP contribution in [0.2, 0.25) is 0 Å². The van der Waals surface area contributed by atoms with Gasteiger partial charge >= 0.3 is 0 Å². The maximum atomic E-state index is 13.6. The fourth-order valence-electron chi connectivity index (χ4n) is 2.84. The number of amides is 1. The van der Waals surface area contributed by atoms with Crippen molar-refractivity contribution in [2.24, 2.45) is 5.92 Å². The predicted molar refractivity (Wildman–Crippen MR) is 92.3 cm³/mol. The molecule has 2 rings (SSSR count). The zero-order valence-electron chi connectivity index (χ0n) is 15.0. The number of nitrogens with one attached hydrogen (secondary N) is 1. The number of benzene rings is 1. The van der Waals surface area contributed by atoms with Gasteiger partial charge in [0.2, 0.25) is 15.9 Å². The van der Waals surface area contributed by atoms with E-state index in [-0.39, 0.29) is 28.6 Å². The largest absolute Gasteiger partial charge is 0.495 e. The molecule has 1 aromatic rings. The van der Waals surface area contributed by atoms with Gasteiger partial charge in [-0.1, -0.05) is 0 Å². The van der Waals surface area contributed by atoms with Gasteiger partial charge in [0, 0.05) is 18.6 Å². The lowest BCUT2D eigenvalue weighted by atomic mass is 9.97. The molecule has 1 heterocycles. The van der Waals surface area contributed by atoms with Crippen LogP contribution in [0.15, 0.2) is 23.1 Å². The van der Waals surface area contributed by atoms with Gasteiger partial charge in [0.05, 0.1) is 13.0 Å². The summed E-state index contributed by atoms with van der Waals surface area (Å²) in [6.45, 7) is 5.99. The molecule has 1 N–H and O–H groups in total. The second kappa shape index (κ2) is 7.29. The van der Waals surface area contributed by atoms with Gasteiger partial charge in [-0.25, -0.2) is 12.8 Å². The Bertz CT molecular complexity index is 744. The summed E-state index contributed by atoms with van der Waals surface area (Å²) in [6.07, 6.45) is 1.19. The first-order valence-electron chi connectivity index (χ1n) is 8.20. The Morgan fingerprint density at radius 3 is 2.64 bits per heavy atom. The van der Waals surface area contributed by atoms with Gasteiger partial charge in [0.1, 0.15) is 16.5 Å². The summed E-state index contributed by atoms with van der Waals surface area (Å²) < 4.78 is 45.7. The maximum Gasteiger partial charge on any atom is 0.246 e. The highest BCUT2D eigenvalue weighted by molar-refractivity contribution is 7.89. The normalized spacial score (nSPS) is 19.5. The average molecular weight is 372 g/mol. The van der Waals surface area contributed by atoms with Crippen LogP contribution in [0, 0.1) is 11.7 Å². The first-order valence-corrected chi connectivity index (χ1v) is 9.64. The molecule has 1 aliphatic rings. The summed E-state index contributed by atoms with van der Waals surface area (Å²) in [5.74, 6) is -1.16. The van der Waals surface area contributed by atoms with Crippen molar-refractivity contribution in [1.82, 2.24) is 9.62 Å². The molecule has 140 valence electrons. The number of halogens is 1. The minimum atomic E-state index is -3.95. The van der Waals surface area contributed by atoms with Gasteiger partial charge < -0.3 is 10.1 Å². The number of piperidine rings is 1. The number of carbonyl (C=O) groups excluding carboxylic acids is 1. The van der Waals surface area contributed by atoms with E-state index in [4.69, 9.17) is 4.74 Å². The van der Waals surface area contributed by atoms with Crippen molar-refractivity contribution in [3.63, 3.8) is 0 Å². The van der Waals surface area contributed by atoms with Crippen molar-refractivity contribution in [1.29, 1.82) is 0 Å². The van der Waals surface area contributed by atoms with Crippen LogP contribution in [0.1, 0.15) is 33.6 Å². The third-order valence-electron chi connectivity index (χ3n) is 4.00. The van der Waals surface area contributed by atoms with Crippen LogP contribution in [-0.2, 0) is 14.8 Å². The van der Waals surface area contributed by atoms with E-state index in [2.05, 4.69) is 5.32 Å². The van der Waals surface area contributed by atoms with E-state index in [0.717, 1.165) is 12.1 Å². The summed E-state index contributed by atoms with van der Waals surface area (Å²) in [7, 11) is -2.61. The Morgan fingerprint density at radius 2 is 2.04 bits per heavy atom. The topological polar surface area (TPSA) is 75.7 Å². The molecule has 1 aliphatic heterocycles. The van der Waals surface area contributed by atoms with Crippen LogP contribution in [0.3, 0.4) is 0 Å². The van der Waals surface area contributed by atoms with Crippen LogP contribution in [0.5, 0.6) is 5.75 Å². The van der Waals surface area contributed by atoms with Crippen molar-refractivity contribution < 1.29 is 22.3 Å². The number of methoxy groups -OCH3 is 1. The first-order chi connectivity index (χ1) is 11.5. The third kappa shape index (κ3) is 4.70. The van der Waals surface area contributed by atoms with Crippen molar-refractivity contribution in [3.05, 3.63) is 24.0 Å². The summed E-state index contributed by atoms with van der Waals surface area (Å²) in [5, 5.41) is 2.89. The first kappa shape index (κ1) is 19.7. The molecular weight excluding hydrogens is 347 g/mol. The van der Waals surface area contributed by atoms with Crippen LogP contribution in [0.4, 0.5) is 4.39 Å². The highest BCUT2D eigenvalue weighted by Gasteiger charge is 2.35.